The average molecular weight is 605 g/mol. The van der Waals surface area contributed by atoms with Gasteiger partial charge < -0.3 is 5.32 Å². The van der Waals surface area contributed by atoms with E-state index in [1.165, 1.54) is 16.6 Å². The first-order chi connectivity index (χ1) is 16.0. The van der Waals surface area contributed by atoms with Crippen LogP contribution in [-0.2, 0) is 17.6 Å². The predicted octanol–water partition coefficient (Wildman–Crippen LogP) is 6.58. The van der Waals surface area contributed by atoms with Gasteiger partial charge in [-0.1, -0.05) is 39.8 Å². The maximum Gasteiger partial charge on any atom is 0.267 e. The summed E-state index contributed by atoms with van der Waals surface area (Å²) >= 11 is 9.81. The summed E-state index contributed by atoms with van der Waals surface area (Å²) in [4.78, 5) is 33.3. The van der Waals surface area contributed by atoms with E-state index in [1.54, 1.807) is 15.9 Å². The number of amides is 1. The minimum Gasteiger partial charge on any atom is -0.324 e. The van der Waals surface area contributed by atoms with Crippen molar-refractivity contribution in [2.45, 2.75) is 30.8 Å². The smallest absolute Gasteiger partial charge is 0.267 e. The lowest BCUT2D eigenvalue weighted by Crippen LogP contribution is -2.23. The molecule has 0 bridgehead atoms. The Kier molecular flexibility index (Phi) is 6.74. The van der Waals surface area contributed by atoms with Crippen LogP contribution in [0.2, 0.25) is 0 Å². The molecule has 0 atom stereocenters. The molecule has 0 radical (unpaired) electrons. The third kappa shape index (κ3) is 4.69. The number of nitrogens with zero attached hydrogens (tertiary/aromatic N) is 2. The van der Waals surface area contributed by atoms with E-state index in [-0.39, 0.29) is 17.2 Å². The molecular formula is C24H19Br2N3O2S2. The van der Waals surface area contributed by atoms with Crippen LogP contribution in [0, 0.1) is 0 Å². The molecular weight excluding hydrogens is 586 g/mol. The quantitative estimate of drug-likeness (QED) is 0.206. The maximum atomic E-state index is 13.7. The first-order valence-corrected chi connectivity index (χ1v) is 13.9. The van der Waals surface area contributed by atoms with Gasteiger partial charge in [0.05, 0.1) is 22.5 Å². The number of halogens is 2. The fourth-order valence-electron chi connectivity index (χ4n) is 3.98. The molecule has 1 aliphatic rings. The lowest BCUT2D eigenvalue weighted by molar-refractivity contribution is -0.113. The summed E-state index contributed by atoms with van der Waals surface area (Å²) in [6, 6.07) is 15.1. The van der Waals surface area contributed by atoms with E-state index in [2.05, 4.69) is 37.2 Å². The molecule has 0 saturated heterocycles. The fourth-order valence-corrected chi connectivity index (χ4v) is 6.74. The summed E-state index contributed by atoms with van der Waals surface area (Å²) in [7, 11) is 0. The fraction of sp³-hybridized carbons (Fsp3) is 0.208. The number of aromatic nitrogens is 2. The lowest BCUT2D eigenvalue weighted by atomic mass is 9.97. The molecule has 5 nitrogen and oxygen atoms in total. The zero-order valence-corrected chi connectivity index (χ0v) is 22.2. The molecule has 0 aliphatic heterocycles. The number of thiophene rings is 1. The molecule has 2 aromatic heterocycles. The normalized spacial score (nSPS) is 13.2. The van der Waals surface area contributed by atoms with E-state index in [0.29, 0.717) is 10.8 Å². The van der Waals surface area contributed by atoms with Crippen LogP contribution in [0.3, 0.4) is 0 Å². The number of para-hydroxylation sites is 1. The highest BCUT2D eigenvalue weighted by Gasteiger charge is 2.23. The molecule has 1 N–H and O–H groups in total. The van der Waals surface area contributed by atoms with Crippen LogP contribution in [0.25, 0.3) is 15.9 Å². The number of carbonyl (C=O) groups excluding carboxylic acids is 1. The van der Waals surface area contributed by atoms with Crippen LogP contribution in [0.5, 0.6) is 0 Å². The van der Waals surface area contributed by atoms with Crippen LogP contribution >= 0.6 is 55.0 Å². The molecule has 1 aliphatic carbocycles. The highest BCUT2D eigenvalue weighted by atomic mass is 79.9. The van der Waals surface area contributed by atoms with Gasteiger partial charge in [0.25, 0.3) is 5.56 Å². The van der Waals surface area contributed by atoms with Crippen LogP contribution in [-0.4, -0.2) is 21.2 Å². The molecule has 0 spiro atoms. The predicted molar refractivity (Wildman–Crippen MR) is 143 cm³/mol. The Bertz CT molecular complexity index is 1410. The number of carbonyl (C=O) groups is 1. The number of hydrogen-bond acceptors (Lipinski definition) is 5. The van der Waals surface area contributed by atoms with Crippen LogP contribution in [0.1, 0.15) is 23.3 Å². The number of nitrogens with one attached hydrogen (secondary N) is 1. The number of thioether (sulfide) groups is 1. The third-order valence-corrected chi connectivity index (χ3v) is 8.87. The second-order valence-corrected chi connectivity index (χ2v) is 11.5. The van der Waals surface area contributed by atoms with Crippen LogP contribution in [0.4, 0.5) is 5.69 Å². The van der Waals surface area contributed by atoms with E-state index >= 15 is 0 Å². The summed E-state index contributed by atoms with van der Waals surface area (Å²) in [6.45, 7) is 0. The van der Waals surface area contributed by atoms with Gasteiger partial charge in [-0.05, 0) is 83.6 Å². The Hall–Kier alpha value is -1.94. The summed E-state index contributed by atoms with van der Waals surface area (Å²) in [5.74, 6) is -0.0185. The largest absolute Gasteiger partial charge is 0.324 e. The number of aryl methyl sites for hydroxylation is 2. The molecule has 0 unspecified atom stereocenters. The van der Waals surface area contributed by atoms with Crippen molar-refractivity contribution in [3.05, 3.63) is 78.3 Å². The zero-order chi connectivity index (χ0) is 22.9. The van der Waals surface area contributed by atoms with E-state index in [1.807, 2.05) is 48.5 Å². The number of benzene rings is 2. The molecule has 33 heavy (non-hydrogen) atoms. The van der Waals surface area contributed by atoms with Crippen molar-refractivity contribution in [3.63, 3.8) is 0 Å². The van der Waals surface area contributed by atoms with Gasteiger partial charge >= 0.3 is 0 Å². The Labute approximate surface area is 215 Å². The maximum absolute atomic E-state index is 13.7. The molecule has 0 fully saturated rings. The second kappa shape index (κ2) is 9.74. The molecule has 0 saturated carbocycles. The van der Waals surface area contributed by atoms with Gasteiger partial charge in [0.15, 0.2) is 5.16 Å². The van der Waals surface area contributed by atoms with Crippen molar-refractivity contribution in [2.24, 2.45) is 0 Å². The van der Waals surface area contributed by atoms with E-state index in [0.717, 1.165) is 56.1 Å². The van der Waals surface area contributed by atoms with Crippen LogP contribution < -0.4 is 10.9 Å². The number of fused-ring (bicyclic) bond motifs is 3. The van der Waals surface area contributed by atoms with Crippen molar-refractivity contribution in [1.82, 2.24) is 9.55 Å². The average Bonchev–Trinajstić information content (AvgIpc) is 3.19. The summed E-state index contributed by atoms with van der Waals surface area (Å²) < 4.78 is 3.40. The van der Waals surface area contributed by atoms with Gasteiger partial charge in [-0.25, -0.2) is 4.98 Å². The van der Waals surface area contributed by atoms with Gasteiger partial charge in [-0.15, -0.1) is 11.3 Å². The lowest BCUT2D eigenvalue weighted by Gasteiger charge is -2.14. The summed E-state index contributed by atoms with van der Waals surface area (Å²) in [5, 5.41) is 4.17. The highest BCUT2D eigenvalue weighted by Crippen LogP contribution is 2.35. The zero-order valence-electron chi connectivity index (χ0n) is 17.4. The first kappa shape index (κ1) is 22.8. The minimum atomic E-state index is -0.158. The van der Waals surface area contributed by atoms with Crippen molar-refractivity contribution in [1.29, 1.82) is 0 Å². The van der Waals surface area contributed by atoms with Gasteiger partial charge in [-0.2, -0.15) is 0 Å². The molecule has 9 heteroatoms. The molecule has 2 aromatic carbocycles. The van der Waals surface area contributed by atoms with E-state index in [9.17, 15) is 9.59 Å². The van der Waals surface area contributed by atoms with Crippen molar-refractivity contribution in [2.75, 3.05) is 11.1 Å². The van der Waals surface area contributed by atoms with E-state index in [4.69, 9.17) is 4.98 Å². The first-order valence-electron chi connectivity index (χ1n) is 10.5. The Morgan fingerprint density at radius 1 is 1.09 bits per heavy atom. The standard InChI is InChI=1S/C24H19Br2N3O2S2/c25-14-9-11-15(12-10-14)29-23(31)21-16-5-1-4-8-19(16)33-22(21)28-24(29)32-13-20(30)27-18-7-3-2-6-17(18)26/h2-3,6-7,9-12H,1,4-5,8,13H2,(H,27,30). The van der Waals surface area contributed by atoms with Gasteiger partial charge in [0, 0.05) is 13.8 Å². The Morgan fingerprint density at radius 3 is 2.64 bits per heavy atom. The number of hydrogen-bond donors (Lipinski definition) is 1. The topological polar surface area (TPSA) is 64.0 Å². The number of anilines is 1. The van der Waals surface area contributed by atoms with Crippen molar-refractivity contribution < 1.29 is 4.79 Å². The minimum absolute atomic E-state index is 0.0598. The monoisotopic (exact) mass is 603 g/mol. The Morgan fingerprint density at radius 2 is 1.85 bits per heavy atom. The van der Waals surface area contributed by atoms with Crippen LogP contribution in [0.15, 0.2) is 67.4 Å². The molecule has 4 aromatic rings. The van der Waals surface area contributed by atoms with E-state index < -0.39 is 0 Å². The van der Waals surface area contributed by atoms with Crippen molar-refractivity contribution in [3.8, 4) is 5.69 Å². The highest BCUT2D eigenvalue weighted by molar-refractivity contribution is 9.10. The second-order valence-electron chi connectivity index (χ2n) is 7.72. The van der Waals surface area contributed by atoms with Gasteiger partial charge in [0.2, 0.25) is 5.91 Å². The van der Waals surface area contributed by atoms with Crippen molar-refractivity contribution >= 4 is 76.8 Å². The van der Waals surface area contributed by atoms with Gasteiger partial charge in [-0.3, -0.25) is 14.2 Å². The SMILES string of the molecule is O=C(CSc1nc2sc3c(c2c(=O)n1-c1ccc(Br)cc1)CCCC3)Nc1ccccc1Br. The summed E-state index contributed by atoms with van der Waals surface area (Å²) in [6.07, 6.45) is 4.18. The Balaban J connectivity index is 1.53. The summed E-state index contributed by atoms with van der Waals surface area (Å²) in [5.41, 5.74) is 2.55. The number of rotatable bonds is 5. The van der Waals surface area contributed by atoms with Gasteiger partial charge in [0.1, 0.15) is 4.83 Å². The molecule has 5 rings (SSSR count). The molecule has 168 valence electrons. The molecule has 1 amide bonds. The third-order valence-electron chi connectivity index (χ3n) is 5.52. The molecule has 2 heterocycles.